The van der Waals surface area contributed by atoms with E-state index in [9.17, 15) is 4.79 Å². The van der Waals surface area contributed by atoms with Crippen LogP contribution in [0.3, 0.4) is 0 Å². The number of piperidine rings is 1. The van der Waals surface area contributed by atoms with Crippen molar-refractivity contribution < 1.29 is 4.79 Å². The number of aliphatic imine (C=N–C) groups is 2. The average molecular weight is 377 g/mol. The van der Waals surface area contributed by atoms with Crippen molar-refractivity contribution in [3.8, 4) is 6.07 Å². The first kappa shape index (κ1) is 18.2. The largest absolute Gasteiger partial charge is 0.355 e. The fourth-order valence-corrected chi connectivity index (χ4v) is 3.74. The van der Waals surface area contributed by atoms with Gasteiger partial charge in [-0.05, 0) is 31.8 Å². The molecule has 0 saturated carbocycles. The molecule has 2 bridgehead atoms. The van der Waals surface area contributed by atoms with Gasteiger partial charge < -0.3 is 10.2 Å². The van der Waals surface area contributed by atoms with Crippen LogP contribution in [0.5, 0.6) is 0 Å². The number of aromatic nitrogens is 2. The van der Waals surface area contributed by atoms with Crippen molar-refractivity contribution in [2.24, 2.45) is 15.9 Å². The average Bonchev–Trinajstić information content (AvgIpc) is 3.20. The second kappa shape index (κ2) is 8.21. The van der Waals surface area contributed by atoms with Crippen molar-refractivity contribution in [1.82, 2.24) is 10.2 Å². The Morgan fingerprint density at radius 1 is 1.32 bits per heavy atom. The molecule has 1 atom stereocenters. The summed E-state index contributed by atoms with van der Waals surface area (Å²) in [5.41, 5.74) is 1.90. The maximum absolute atomic E-state index is 12.9. The quantitative estimate of drug-likeness (QED) is 0.843. The molecule has 1 aromatic rings. The number of H-pyrrole nitrogens is 1. The van der Waals surface area contributed by atoms with Gasteiger partial charge in [0.15, 0.2) is 0 Å². The summed E-state index contributed by atoms with van der Waals surface area (Å²) in [7, 11) is 0. The Balaban J connectivity index is 1.50. The molecular weight excluding hydrogens is 354 g/mol. The molecule has 1 amide bonds. The molecular formula is C20H23N7O. The van der Waals surface area contributed by atoms with E-state index in [1.807, 2.05) is 6.08 Å². The zero-order valence-electron chi connectivity index (χ0n) is 15.6. The number of nitrogens with zero attached hydrogens (tertiary/aromatic N) is 5. The molecule has 4 rings (SSSR count). The van der Waals surface area contributed by atoms with Crippen molar-refractivity contribution >= 4 is 29.8 Å². The van der Waals surface area contributed by atoms with E-state index in [0.29, 0.717) is 17.7 Å². The number of hydrogen-bond donors (Lipinski definition) is 2. The molecule has 0 aromatic carbocycles. The highest BCUT2D eigenvalue weighted by Crippen LogP contribution is 2.29. The van der Waals surface area contributed by atoms with Gasteiger partial charge in [-0.2, -0.15) is 10.4 Å². The molecule has 0 radical (unpaired) electrons. The Bertz CT molecular complexity index is 894. The summed E-state index contributed by atoms with van der Waals surface area (Å²) < 4.78 is 0. The second-order valence-corrected chi connectivity index (χ2v) is 7.26. The summed E-state index contributed by atoms with van der Waals surface area (Å²) in [6.07, 6.45) is 13.2. The summed E-state index contributed by atoms with van der Waals surface area (Å²) >= 11 is 0. The van der Waals surface area contributed by atoms with Crippen molar-refractivity contribution in [2.45, 2.75) is 38.1 Å². The Hall–Kier alpha value is -3.21. The van der Waals surface area contributed by atoms with Gasteiger partial charge in [-0.1, -0.05) is 6.08 Å². The van der Waals surface area contributed by atoms with Crippen LogP contribution in [0.2, 0.25) is 0 Å². The maximum Gasteiger partial charge on any atom is 0.259 e. The van der Waals surface area contributed by atoms with Crippen LogP contribution in [0.4, 0.5) is 11.5 Å². The first-order valence-corrected chi connectivity index (χ1v) is 9.69. The van der Waals surface area contributed by atoms with Crippen molar-refractivity contribution in [3.63, 3.8) is 0 Å². The molecule has 1 unspecified atom stereocenters. The smallest absolute Gasteiger partial charge is 0.259 e. The van der Waals surface area contributed by atoms with Crippen molar-refractivity contribution in [1.29, 1.82) is 5.26 Å². The van der Waals surface area contributed by atoms with E-state index >= 15 is 0 Å². The summed E-state index contributed by atoms with van der Waals surface area (Å²) in [5, 5.41) is 19.1. The Kier molecular flexibility index (Phi) is 5.33. The standard InChI is InChI=1S/C20H23N7O/c21-11-14-5-8-27(9-6-14)19-18(13-24-26-19)25-20(28)16-12-23-15-4-2-1-3-7-22-17(16)10-15/h1,3,7,12-15H,2,4-6,8-10H2,(H,24,26)(H,25,28)/b3-1-,22-7?. The molecule has 0 spiro atoms. The first-order chi connectivity index (χ1) is 13.7. The van der Waals surface area contributed by atoms with Gasteiger partial charge in [0.05, 0.1) is 29.6 Å². The van der Waals surface area contributed by atoms with E-state index in [1.54, 1.807) is 18.6 Å². The van der Waals surface area contributed by atoms with Gasteiger partial charge in [-0.25, -0.2) is 0 Å². The predicted octanol–water partition coefficient (Wildman–Crippen LogP) is 2.61. The Morgan fingerprint density at radius 3 is 3.00 bits per heavy atom. The van der Waals surface area contributed by atoms with Gasteiger partial charge in [-0.3, -0.25) is 19.9 Å². The fraction of sp³-hybridized carbons (Fsp3) is 0.450. The highest BCUT2D eigenvalue weighted by Gasteiger charge is 2.25. The number of dihydropyridines is 1. The minimum Gasteiger partial charge on any atom is -0.355 e. The summed E-state index contributed by atoms with van der Waals surface area (Å²) in [5.74, 6) is 0.653. The molecule has 8 heteroatoms. The Morgan fingerprint density at radius 2 is 2.18 bits per heavy atom. The fourth-order valence-electron chi connectivity index (χ4n) is 3.74. The van der Waals surface area contributed by atoms with Crippen LogP contribution in [-0.2, 0) is 4.79 Å². The number of carbonyl (C=O) groups excluding carboxylic acids is 1. The number of hydrogen-bond acceptors (Lipinski definition) is 6. The number of allylic oxidation sites excluding steroid dienone is 2. The summed E-state index contributed by atoms with van der Waals surface area (Å²) in [6, 6.07) is 2.51. The Labute approximate surface area is 163 Å². The van der Waals surface area contributed by atoms with E-state index < -0.39 is 0 Å². The van der Waals surface area contributed by atoms with Crippen LogP contribution < -0.4 is 10.2 Å². The van der Waals surface area contributed by atoms with Gasteiger partial charge in [0.25, 0.3) is 5.91 Å². The van der Waals surface area contributed by atoms with E-state index in [-0.39, 0.29) is 17.9 Å². The third kappa shape index (κ3) is 3.88. The summed E-state index contributed by atoms with van der Waals surface area (Å²) in [4.78, 5) is 24.1. The summed E-state index contributed by atoms with van der Waals surface area (Å²) in [6.45, 7) is 1.52. The molecule has 0 aliphatic carbocycles. The van der Waals surface area contributed by atoms with Gasteiger partial charge in [0, 0.05) is 37.9 Å². The molecule has 3 aliphatic heterocycles. The minimum absolute atomic E-state index is 0.103. The number of fused-ring (bicyclic) bond motifs is 2. The van der Waals surface area contributed by atoms with Gasteiger partial charge in [-0.15, -0.1) is 0 Å². The van der Waals surface area contributed by atoms with Crippen LogP contribution in [-0.4, -0.2) is 47.7 Å². The van der Waals surface area contributed by atoms with Crippen LogP contribution in [0, 0.1) is 17.2 Å². The number of rotatable bonds is 3. The lowest BCUT2D eigenvalue weighted by atomic mass is 9.98. The second-order valence-electron chi connectivity index (χ2n) is 7.26. The minimum atomic E-state index is -0.230. The SMILES string of the molecule is N#CC1CCN(c2[nH]ncc2NC(=O)C2=C3CC(CC/C=C\C=N3)N=C2)CC1. The highest BCUT2D eigenvalue weighted by atomic mass is 16.1. The number of nitrogens with one attached hydrogen (secondary N) is 2. The van der Waals surface area contributed by atoms with Gasteiger partial charge >= 0.3 is 0 Å². The van der Waals surface area contributed by atoms with E-state index in [2.05, 4.69) is 42.5 Å². The van der Waals surface area contributed by atoms with Gasteiger partial charge in [0.2, 0.25) is 0 Å². The number of amides is 1. The number of aromatic amines is 1. The molecule has 144 valence electrons. The molecule has 1 aromatic heterocycles. The van der Waals surface area contributed by atoms with Crippen LogP contribution >= 0.6 is 0 Å². The maximum atomic E-state index is 12.9. The number of anilines is 2. The van der Waals surface area contributed by atoms with Crippen molar-refractivity contribution in [3.05, 3.63) is 29.6 Å². The lowest BCUT2D eigenvalue weighted by Crippen LogP contribution is -2.34. The van der Waals surface area contributed by atoms with Crippen molar-refractivity contribution in [2.75, 3.05) is 23.3 Å². The van der Waals surface area contributed by atoms with E-state index in [4.69, 9.17) is 5.26 Å². The highest BCUT2D eigenvalue weighted by molar-refractivity contribution is 6.19. The van der Waals surface area contributed by atoms with Crippen LogP contribution in [0.25, 0.3) is 0 Å². The molecule has 2 N–H and O–H groups in total. The lowest BCUT2D eigenvalue weighted by Gasteiger charge is -2.30. The zero-order valence-corrected chi connectivity index (χ0v) is 15.6. The van der Waals surface area contributed by atoms with E-state index in [0.717, 1.165) is 50.3 Å². The van der Waals surface area contributed by atoms with E-state index in [1.165, 1.54) is 0 Å². The molecule has 3 aliphatic rings. The van der Waals surface area contributed by atoms with Crippen LogP contribution in [0.15, 0.2) is 39.6 Å². The molecule has 8 nitrogen and oxygen atoms in total. The van der Waals surface area contributed by atoms with Gasteiger partial charge in [0.1, 0.15) is 11.5 Å². The third-order valence-electron chi connectivity index (χ3n) is 5.38. The first-order valence-electron chi connectivity index (χ1n) is 9.69. The van der Waals surface area contributed by atoms with Crippen LogP contribution in [0.1, 0.15) is 32.1 Å². The molecule has 4 heterocycles. The normalized spacial score (nSPS) is 23.5. The third-order valence-corrected chi connectivity index (χ3v) is 5.38. The number of carbonyl (C=O) groups is 1. The molecule has 28 heavy (non-hydrogen) atoms. The number of nitriles is 1. The topological polar surface area (TPSA) is 110 Å². The zero-order chi connectivity index (χ0) is 19.3. The lowest BCUT2D eigenvalue weighted by molar-refractivity contribution is -0.112. The molecule has 1 fully saturated rings. The molecule has 1 saturated heterocycles. The monoisotopic (exact) mass is 377 g/mol. The predicted molar refractivity (Wildman–Crippen MR) is 109 cm³/mol.